The number of nitrogens with one attached hydrogen (secondary N) is 2. The first-order chi connectivity index (χ1) is 18.2. The van der Waals surface area contributed by atoms with Crippen LogP contribution in [-0.2, 0) is 10.2 Å². The second kappa shape index (κ2) is 11.5. The van der Waals surface area contributed by atoms with E-state index in [4.69, 9.17) is 14.7 Å². The summed E-state index contributed by atoms with van der Waals surface area (Å²) in [6.07, 6.45) is 3.12. The Hall–Kier alpha value is -4.07. The molecule has 1 aliphatic rings. The van der Waals surface area contributed by atoms with Crippen LogP contribution in [0.1, 0.15) is 42.3 Å². The maximum absolute atomic E-state index is 13.1. The highest BCUT2D eigenvalue weighted by Crippen LogP contribution is 2.41. The molecule has 3 aromatic rings. The summed E-state index contributed by atoms with van der Waals surface area (Å²) in [7, 11) is 0. The number of nitriles is 1. The van der Waals surface area contributed by atoms with E-state index < -0.39 is 5.41 Å². The van der Waals surface area contributed by atoms with Crippen LogP contribution in [0.2, 0.25) is 0 Å². The van der Waals surface area contributed by atoms with Gasteiger partial charge in [-0.1, -0.05) is 6.07 Å². The minimum absolute atomic E-state index is 0.0806. The lowest BCUT2D eigenvalue weighted by atomic mass is 9.79. The minimum Gasteiger partial charge on any atom is -0.394 e. The number of hydrogen-bond donors (Lipinski definition) is 3. The number of pyridine rings is 1. The van der Waals surface area contributed by atoms with Gasteiger partial charge in [-0.25, -0.2) is 4.98 Å². The number of anilines is 3. The van der Waals surface area contributed by atoms with Crippen molar-refractivity contribution in [1.82, 2.24) is 15.0 Å². The first-order valence-corrected chi connectivity index (χ1v) is 12.6. The van der Waals surface area contributed by atoms with Crippen LogP contribution in [0.4, 0.5) is 17.5 Å². The molecule has 2 aromatic heterocycles. The fourth-order valence-electron chi connectivity index (χ4n) is 4.39. The van der Waals surface area contributed by atoms with E-state index in [0.29, 0.717) is 54.8 Å². The zero-order valence-corrected chi connectivity index (χ0v) is 22.2. The number of ether oxygens (including phenoxy) is 1. The molecule has 1 atom stereocenters. The Morgan fingerprint density at radius 3 is 2.58 bits per heavy atom. The molecular weight excluding hydrogens is 482 g/mol. The van der Waals surface area contributed by atoms with E-state index in [1.54, 1.807) is 24.5 Å². The summed E-state index contributed by atoms with van der Waals surface area (Å²) >= 11 is 0. The van der Waals surface area contributed by atoms with Gasteiger partial charge in [-0.15, -0.1) is 0 Å². The van der Waals surface area contributed by atoms with Crippen molar-refractivity contribution in [1.29, 1.82) is 5.26 Å². The number of rotatable bonds is 8. The number of aliphatic hydroxyl groups excluding tert-OH is 1. The number of aromatic nitrogens is 3. The van der Waals surface area contributed by atoms with E-state index in [1.165, 1.54) is 0 Å². The van der Waals surface area contributed by atoms with E-state index in [9.17, 15) is 15.2 Å². The van der Waals surface area contributed by atoms with Crippen LogP contribution in [0.5, 0.6) is 0 Å². The summed E-state index contributed by atoms with van der Waals surface area (Å²) in [5.41, 5.74) is 2.96. The normalized spacial score (nSPS) is 14.5. The average Bonchev–Trinajstić information content (AvgIpc) is 2.94. The van der Waals surface area contributed by atoms with Gasteiger partial charge < -0.3 is 25.4 Å². The van der Waals surface area contributed by atoms with E-state index in [1.807, 2.05) is 45.9 Å². The highest BCUT2D eigenvalue weighted by molar-refractivity contribution is 6.05. The van der Waals surface area contributed by atoms with Gasteiger partial charge in [0.05, 0.1) is 37.0 Å². The Bertz CT molecular complexity index is 1330. The number of amides is 1. The molecule has 0 unspecified atom stereocenters. The summed E-state index contributed by atoms with van der Waals surface area (Å²) in [5.74, 6) is 0.794. The molecule has 198 valence electrons. The van der Waals surface area contributed by atoms with Crippen LogP contribution in [0.15, 0.2) is 42.7 Å². The van der Waals surface area contributed by atoms with Gasteiger partial charge in [0.25, 0.3) is 5.91 Å². The number of carbonyl (C=O) groups is 1. The van der Waals surface area contributed by atoms with Crippen molar-refractivity contribution < 1.29 is 14.6 Å². The fraction of sp³-hybridized carbons (Fsp3) is 0.393. The van der Waals surface area contributed by atoms with Crippen LogP contribution in [0, 0.1) is 18.3 Å². The molecule has 0 saturated carbocycles. The average molecular weight is 516 g/mol. The number of carbonyl (C=O) groups excluding carboxylic acids is 1. The Labute approximate surface area is 222 Å². The van der Waals surface area contributed by atoms with Crippen molar-refractivity contribution >= 4 is 23.4 Å². The third-order valence-electron chi connectivity index (χ3n) is 6.46. The lowest BCUT2D eigenvalue weighted by Gasteiger charge is -2.29. The first kappa shape index (κ1) is 27.0. The van der Waals surface area contributed by atoms with Gasteiger partial charge >= 0.3 is 0 Å². The molecule has 38 heavy (non-hydrogen) atoms. The number of aryl methyl sites for hydroxylation is 1. The molecule has 0 bridgehead atoms. The first-order valence-electron chi connectivity index (χ1n) is 12.6. The molecule has 1 aromatic carbocycles. The molecule has 3 N–H and O–H groups in total. The molecule has 1 saturated heterocycles. The highest BCUT2D eigenvalue weighted by atomic mass is 16.5. The van der Waals surface area contributed by atoms with Crippen molar-refractivity contribution in [3.63, 3.8) is 0 Å². The Balaban J connectivity index is 1.89. The monoisotopic (exact) mass is 515 g/mol. The standard InChI is InChI=1S/C28H33N7O3/c1-18-5-6-21(32-26(37)20-7-9-30-10-8-20)25(28(3,4)17-29)24(18)22-15-23(35-11-13-38-14-12-35)34-27(33-22)31-19(2)16-36/h5-10,15,19,36H,11-14,16H2,1-4H3,(H,32,37)(H,31,33,34)/t19-/m1/s1. The van der Waals surface area contributed by atoms with Crippen molar-refractivity contribution in [2.24, 2.45) is 0 Å². The van der Waals surface area contributed by atoms with Gasteiger partial charge in [0, 0.05) is 60.0 Å². The SMILES string of the molecule is Cc1ccc(NC(=O)c2ccncc2)c(C(C)(C)C#N)c1-c1cc(N2CCOCC2)nc(N[C@H](C)CO)n1. The van der Waals surface area contributed by atoms with Gasteiger partial charge in [-0.2, -0.15) is 10.2 Å². The van der Waals surface area contributed by atoms with Crippen LogP contribution >= 0.6 is 0 Å². The van der Waals surface area contributed by atoms with Crippen LogP contribution in [-0.4, -0.2) is 64.9 Å². The molecule has 10 nitrogen and oxygen atoms in total. The molecule has 1 amide bonds. The quantitative estimate of drug-likeness (QED) is 0.411. The molecular formula is C28H33N7O3. The number of nitrogens with zero attached hydrogens (tertiary/aromatic N) is 5. The van der Waals surface area contributed by atoms with E-state index in [0.717, 1.165) is 16.9 Å². The highest BCUT2D eigenvalue weighted by Gasteiger charge is 2.30. The van der Waals surface area contributed by atoms with Gasteiger partial charge in [-0.05, 0) is 51.5 Å². The maximum atomic E-state index is 13.1. The largest absolute Gasteiger partial charge is 0.394 e. The van der Waals surface area contributed by atoms with E-state index in [2.05, 4.69) is 26.6 Å². The zero-order valence-electron chi connectivity index (χ0n) is 22.2. The lowest BCUT2D eigenvalue weighted by molar-refractivity contribution is 0.102. The summed E-state index contributed by atoms with van der Waals surface area (Å²) in [6.45, 7) is 9.92. The number of hydrogen-bond acceptors (Lipinski definition) is 9. The van der Waals surface area contributed by atoms with Crippen molar-refractivity contribution in [2.75, 3.05) is 48.4 Å². The predicted octanol–water partition coefficient (Wildman–Crippen LogP) is 3.53. The third kappa shape index (κ3) is 5.90. The van der Waals surface area contributed by atoms with Crippen LogP contribution in [0.25, 0.3) is 11.3 Å². The van der Waals surface area contributed by atoms with Crippen LogP contribution < -0.4 is 15.5 Å². The maximum Gasteiger partial charge on any atom is 0.255 e. The number of morpholine rings is 1. The smallest absolute Gasteiger partial charge is 0.255 e. The number of aliphatic hydroxyl groups is 1. The van der Waals surface area contributed by atoms with Crippen molar-refractivity contribution in [3.8, 4) is 17.3 Å². The number of benzene rings is 1. The van der Waals surface area contributed by atoms with Gasteiger partial charge in [0.15, 0.2) is 0 Å². The second-order valence-electron chi connectivity index (χ2n) is 9.87. The lowest BCUT2D eigenvalue weighted by Crippen LogP contribution is -2.37. The Morgan fingerprint density at radius 2 is 1.92 bits per heavy atom. The summed E-state index contributed by atoms with van der Waals surface area (Å²) < 4.78 is 5.52. The summed E-state index contributed by atoms with van der Waals surface area (Å²) in [5, 5.41) is 26.0. The van der Waals surface area contributed by atoms with Gasteiger partial charge in [-0.3, -0.25) is 9.78 Å². The van der Waals surface area contributed by atoms with Crippen molar-refractivity contribution in [2.45, 2.75) is 39.2 Å². The molecule has 1 aliphatic heterocycles. The van der Waals surface area contributed by atoms with Crippen LogP contribution in [0.3, 0.4) is 0 Å². The molecule has 0 spiro atoms. The zero-order chi connectivity index (χ0) is 27.3. The Morgan fingerprint density at radius 1 is 1.21 bits per heavy atom. The minimum atomic E-state index is -0.960. The fourth-order valence-corrected chi connectivity index (χ4v) is 4.39. The molecule has 0 radical (unpaired) electrons. The third-order valence-corrected chi connectivity index (χ3v) is 6.46. The van der Waals surface area contributed by atoms with Gasteiger partial charge in [0.2, 0.25) is 5.95 Å². The van der Waals surface area contributed by atoms with Gasteiger partial charge in [0.1, 0.15) is 5.82 Å². The molecule has 3 heterocycles. The molecule has 4 rings (SSSR count). The Kier molecular flexibility index (Phi) is 8.20. The second-order valence-corrected chi connectivity index (χ2v) is 9.87. The van der Waals surface area contributed by atoms with Crippen molar-refractivity contribution in [3.05, 3.63) is 59.4 Å². The molecule has 10 heteroatoms. The summed E-state index contributed by atoms with van der Waals surface area (Å²) in [6, 6.07) is 11.1. The van der Waals surface area contributed by atoms with E-state index >= 15 is 0 Å². The van der Waals surface area contributed by atoms with E-state index in [-0.39, 0.29) is 18.6 Å². The topological polar surface area (TPSA) is 136 Å². The molecule has 0 aliphatic carbocycles. The predicted molar refractivity (Wildman–Crippen MR) is 146 cm³/mol. The molecule has 1 fully saturated rings. The summed E-state index contributed by atoms with van der Waals surface area (Å²) in [4.78, 5) is 28.7.